The smallest absolute Gasteiger partial charge is 0.226 e. The van der Waals surface area contributed by atoms with Gasteiger partial charge in [-0.15, -0.1) is 0 Å². The Morgan fingerprint density at radius 2 is 1.66 bits per heavy atom. The Labute approximate surface area is 233 Å². The fourth-order valence-corrected chi connectivity index (χ4v) is 12.1. The van der Waals surface area contributed by atoms with E-state index in [0.29, 0.717) is 35.5 Å². The van der Waals surface area contributed by atoms with Gasteiger partial charge in [0.15, 0.2) is 0 Å². The quantitative estimate of drug-likeness (QED) is 0.300. The number of nitrogens with one attached hydrogen (secondary N) is 1. The molecule has 1 amide bonds. The third-order valence-corrected chi connectivity index (χ3v) is 14.2. The largest absolute Gasteiger partial charge is 0.393 e. The van der Waals surface area contributed by atoms with Crippen LogP contribution in [0, 0.1) is 56.7 Å². The molecule has 0 heterocycles. The number of carbonyl (C=O) groups excluding carboxylic acids is 1. The average molecular weight is 527 g/mol. The van der Waals surface area contributed by atoms with Gasteiger partial charge < -0.3 is 15.3 Å². The van der Waals surface area contributed by atoms with Crippen molar-refractivity contribution in [3.63, 3.8) is 0 Å². The maximum atomic E-state index is 14.1. The van der Waals surface area contributed by atoms with Crippen LogP contribution < -0.4 is 5.32 Å². The lowest BCUT2D eigenvalue weighted by atomic mass is 9.34. The van der Waals surface area contributed by atoms with E-state index in [1.807, 2.05) is 0 Å². The van der Waals surface area contributed by atoms with E-state index >= 15 is 0 Å². The summed E-state index contributed by atoms with van der Waals surface area (Å²) >= 11 is 0. The molecular weight excluding hydrogens is 468 g/mol. The number of aliphatic hydroxyl groups excluding tert-OH is 1. The number of carbonyl (C=O) groups is 1. The maximum absolute atomic E-state index is 14.1. The number of rotatable bonds is 6. The predicted octanol–water partition coefficient (Wildman–Crippen LogP) is 6.68. The van der Waals surface area contributed by atoms with Crippen molar-refractivity contribution in [2.24, 2.45) is 56.7 Å². The van der Waals surface area contributed by atoms with Gasteiger partial charge in [0.2, 0.25) is 5.91 Å². The summed E-state index contributed by atoms with van der Waals surface area (Å²) in [5.41, 5.74) is 1.80. The molecule has 0 spiro atoms. The molecule has 0 aromatic carbocycles. The second-order valence-electron chi connectivity index (χ2n) is 16.3. The summed E-state index contributed by atoms with van der Waals surface area (Å²) in [5, 5.41) is 14.6. The standard InChI is InChI=1S/C34H58N2O2/c1-22(2)23-13-16-34(29(38)35-19-10-20-36(8)9)18-17-32(6)24(28(23)34)11-12-26-31(5)21-27(37)30(3,4)25(31)14-15-33(26,32)7/h23-28,37H,1,10-21H2,2-9H3,(H,35,38)/t23-,24+,25-,26+,27-,28+,31-,32+,33+,34-/m0/s1. The summed E-state index contributed by atoms with van der Waals surface area (Å²) in [6.45, 7) is 21.0. The Kier molecular flexibility index (Phi) is 7.03. The molecule has 0 saturated heterocycles. The minimum atomic E-state index is -0.220. The number of hydrogen-bond donors (Lipinski definition) is 2. The van der Waals surface area contributed by atoms with Crippen molar-refractivity contribution in [2.75, 3.05) is 27.2 Å². The van der Waals surface area contributed by atoms with E-state index in [1.165, 1.54) is 37.7 Å². The number of nitrogens with zero attached hydrogens (tertiary/aromatic N) is 1. The van der Waals surface area contributed by atoms with Gasteiger partial charge in [-0.05, 0) is 143 Å². The lowest BCUT2D eigenvalue weighted by Gasteiger charge is -2.70. The van der Waals surface area contributed by atoms with Crippen molar-refractivity contribution in [3.8, 4) is 0 Å². The van der Waals surface area contributed by atoms with Crippen molar-refractivity contribution >= 4 is 5.91 Å². The molecule has 10 atom stereocenters. The van der Waals surface area contributed by atoms with Gasteiger partial charge in [-0.25, -0.2) is 0 Å². The first-order valence-electron chi connectivity index (χ1n) is 15.9. The Hall–Kier alpha value is -0.870. The summed E-state index contributed by atoms with van der Waals surface area (Å²) in [4.78, 5) is 16.3. The number of hydrogen-bond acceptors (Lipinski definition) is 3. The van der Waals surface area contributed by atoms with Crippen molar-refractivity contribution in [1.29, 1.82) is 0 Å². The molecule has 4 nitrogen and oxygen atoms in total. The van der Waals surface area contributed by atoms with Gasteiger partial charge in [0.1, 0.15) is 0 Å². The predicted molar refractivity (Wildman–Crippen MR) is 157 cm³/mol. The van der Waals surface area contributed by atoms with Crippen molar-refractivity contribution in [2.45, 2.75) is 112 Å². The fourth-order valence-electron chi connectivity index (χ4n) is 12.1. The van der Waals surface area contributed by atoms with Crippen LogP contribution in [0.1, 0.15) is 106 Å². The van der Waals surface area contributed by atoms with Gasteiger partial charge >= 0.3 is 0 Å². The van der Waals surface area contributed by atoms with E-state index in [1.54, 1.807) is 0 Å². The fraction of sp³-hybridized carbons (Fsp3) is 0.912. The highest BCUT2D eigenvalue weighted by atomic mass is 16.3. The van der Waals surface area contributed by atoms with Crippen LogP contribution >= 0.6 is 0 Å². The summed E-state index contributed by atoms with van der Waals surface area (Å²) in [5.74, 6) is 3.06. The SMILES string of the molecule is C=C(C)[C@@H]1CC[C@]2(C(=O)NCCCN(C)C)CC[C@]3(C)[C@H](CC[C@@H]4[C@@]5(C)C[C@H](O)C(C)(C)[C@@H]5CC[C@]43C)[C@@H]12. The molecule has 0 aromatic rings. The van der Waals surface area contributed by atoms with E-state index in [-0.39, 0.29) is 33.2 Å². The van der Waals surface area contributed by atoms with Crippen LogP contribution in [0.15, 0.2) is 12.2 Å². The molecule has 4 heteroatoms. The summed E-state index contributed by atoms with van der Waals surface area (Å²) < 4.78 is 0. The van der Waals surface area contributed by atoms with Gasteiger partial charge in [-0.2, -0.15) is 0 Å². The highest BCUT2D eigenvalue weighted by molar-refractivity contribution is 5.83. The molecule has 0 bridgehead atoms. The molecule has 0 aromatic heterocycles. The van der Waals surface area contributed by atoms with Gasteiger partial charge in [0, 0.05) is 6.54 Å². The van der Waals surface area contributed by atoms with Gasteiger partial charge in [-0.3, -0.25) is 4.79 Å². The van der Waals surface area contributed by atoms with Gasteiger partial charge in [0.05, 0.1) is 11.5 Å². The molecule has 0 unspecified atom stereocenters. The van der Waals surface area contributed by atoms with E-state index < -0.39 is 0 Å². The molecule has 38 heavy (non-hydrogen) atoms. The van der Waals surface area contributed by atoms with E-state index in [9.17, 15) is 9.90 Å². The lowest BCUT2D eigenvalue weighted by molar-refractivity contribution is -0.217. The highest BCUT2D eigenvalue weighted by Gasteiger charge is 2.72. The minimum Gasteiger partial charge on any atom is -0.393 e. The van der Waals surface area contributed by atoms with E-state index in [4.69, 9.17) is 0 Å². The first kappa shape index (κ1) is 28.7. The molecule has 5 rings (SSSR count). The molecular formula is C34H58N2O2. The Bertz CT molecular complexity index is 958. The highest BCUT2D eigenvalue weighted by Crippen LogP contribution is 2.78. The van der Waals surface area contributed by atoms with Crippen molar-refractivity contribution in [1.82, 2.24) is 10.2 Å². The van der Waals surface area contributed by atoms with Crippen molar-refractivity contribution < 1.29 is 9.90 Å². The van der Waals surface area contributed by atoms with Crippen LogP contribution in [0.2, 0.25) is 0 Å². The Balaban J connectivity index is 1.47. The molecule has 5 aliphatic rings. The molecule has 5 fully saturated rings. The zero-order valence-corrected chi connectivity index (χ0v) is 26.0. The average Bonchev–Trinajstić information content (AvgIpc) is 3.30. The minimum absolute atomic E-state index is 0.0106. The third-order valence-electron chi connectivity index (χ3n) is 14.2. The normalized spacial score (nSPS) is 49.1. The van der Waals surface area contributed by atoms with Gasteiger partial charge in [-0.1, -0.05) is 46.8 Å². The van der Waals surface area contributed by atoms with Crippen LogP contribution in [0.4, 0.5) is 0 Å². The Morgan fingerprint density at radius 3 is 2.32 bits per heavy atom. The molecule has 5 saturated carbocycles. The zero-order valence-electron chi connectivity index (χ0n) is 26.0. The number of amides is 1. The summed E-state index contributed by atoms with van der Waals surface area (Å²) in [6, 6.07) is 0. The number of fused-ring (bicyclic) bond motifs is 7. The van der Waals surface area contributed by atoms with Crippen LogP contribution in [0.25, 0.3) is 0 Å². The first-order chi connectivity index (χ1) is 17.6. The van der Waals surface area contributed by atoms with E-state index in [2.05, 4.69) is 72.4 Å². The van der Waals surface area contributed by atoms with Crippen LogP contribution in [0.3, 0.4) is 0 Å². The number of allylic oxidation sites excluding steroid dienone is 1. The lowest BCUT2D eigenvalue weighted by Crippen LogP contribution is -2.65. The second kappa shape index (κ2) is 9.33. The molecule has 0 aliphatic heterocycles. The third kappa shape index (κ3) is 3.77. The second-order valence-corrected chi connectivity index (χ2v) is 16.3. The summed E-state index contributed by atoms with van der Waals surface area (Å²) in [6.07, 6.45) is 11.1. The molecule has 5 aliphatic carbocycles. The van der Waals surface area contributed by atoms with E-state index in [0.717, 1.165) is 45.2 Å². The monoisotopic (exact) mass is 526 g/mol. The van der Waals surface area contributed by atoms with Crippen LogP contribution in [-0.2, 0) is 4.79 Å². The summed E-state index contributed by atoms with van der Waals surface area (Å²) in [7, 11) is 4.20. The topological polar surface area (TPSA) is 52.6 Å². The van der Waals surface area contributed by atoms with Crippen LogP contribution in [-0.4, -0.2) is 49.2 Å². The zero-order chi connectivity index (χ0) is 27.9. The van der Waals surface area contributed by atoms with Crippen molar-refractivity contribution in [3.05, 3.63) is 12.2 Å². The molecule has 216 valence electrons. The first-order valence-corrected chi connectivity index (χ1v) is 15.9. The maximum Gasteiger partial charge on any atom is 0.226 e. The molecule has 2 N–H and O–H groups in total. The van der Waals surface area contributed by atoms with Gasteiger partial charge in [0.25, 0.3) is 0 Å². The molecule has 0 radical (unpaired) electrons. The number of aliphatic hydroxyl groups is 1. The Morgan fingerprint density at radius 1 is 0.947 bits per heavy atom. The van der Waals surface area contributed by atoms with Crippen LogP contribution in [0.5, 0.6) is 0 Å².